The van der Waals surface area contributed by atoms with Crippen LogP contribution >= 0.6 is 23.2 Å². The van der Waals surface area contributed by atoms with Gasteiger partial charge in [0.25, 0.3) is 5.56 Å². The van der Waals surface area contributed by atoms with Gasteiger partial charge in [0.1, 0.15) is 27.4 Å². The van der Waals surface area contributed by atoms with E-state index in [0.717, 1.165) is 0 Å². The first kappa shape index (κ1) is 21.2. The maximum absolute atomic E-state index is 13.9. The van der Waals surface area contributed by atoms with Gasteiger partial charge in [-0.2, -0.15) is 0 Å². The molecule has 1 N–H and O–H groups in total. The summed E-state index contributed by atoms with van der Waals surface area (Å²) in [6.07, 6.45) is 2.14. The van der Waals surface area contributed by atoms with Gasteiger partial charge in [-0.05, 0) is 25.5 Å². The van der Waals surface area contributed by atoms with Crippen LogP contribution in [0.3, 0.4) is 0 Å². The highest BCUT2D eigenvalue weighted by Gasteiger charge is 2.32. The summed E-state index contributed by atoms with van der Waals surface area (Å²) in [4.78, 5) is 20.2. The third-order valence-electron chi connectivity index (χ3n) is 3.99. The van der Waals surface area contributed by atoms with E-state index in [1.807, 2.05) is 0 Å². The largest absolute Gasteiger partial charge is 0.465 e. The lowest BCUT2D eigenvalue weighted by Crippen LogP contribution is -2.36. The minimum Gasteiger partial charge on any atom is -0.465 e. The molecule has 11 heteroatoms. The van der Waals surface area contributed by atoms with Gasteiger partial charge in [0.2, 0.25) is 5.69 Å². The van der Waals surface area contributed by atoms with Crippen LogP contribution in [-0.2, 0) is 5.69 Å². The van der Waals surface area contributed by atoms with Gasteiger partial charge in [0.05, 0.1) is 11.9 Å². The Morgan fingerprint density at radius 2 is 1.86 bits per heavy atom. The molecule has 0 aromatic carbocycles. The maximum atomic E-state index is 13.9. The number of ether oxygens (including phenoxy) is 1. The molecular weight excluding hydrogens is 426 g/mol. The number of aromatic nitrogens is 3. The predicted molar refractivity (Wildman–Crippen MR) is 104 cm³/mol. The molecule has 3 aromatic heterocycles. The second-order valence-electron chi connectivity index (χ2n) is 6.18. The zero-order chi connectivity index (χ0) is 21.5. The molecule has 0 aliphatic carbocycles. The lowest BCUT2D eigenvalue weighted by atomic mass is 9.90. The Hall–Kier alpha value is -2.49. The highest BCUT2D eigenvalue weighted by Crippen LogP contribution is 2.30. The summed E-state index contributed by atoms with van der Waals surface area (Å²) in [6.45, 7) is 3.30. The number of aliphatic hydroxyl groups is 1. The highest BCUT2D eigenvalue weighted by molar-refractivity contribution is 6.32. The number of rotatable bonds is 4. The maximum Gasteiger partial charge on any atom is 0.277 e. The first-order valence-corrected chi connectivity index (χ1v) is 8.83. The van der Waals surface area contributed by atoms with Gasteiger partial charge < -0.3 is 9.84 Å². The van der Waals surface area contributed by atoms with Gasteiger partial charge >= 0.3 is 0 Å². The normalized spacial score (nSPS) is 13.2. The van der Waals surface area contributed by atoms with Crippen molar-refractivity contribution in [3.63, 3.8) is 0 Å². The van der Waals surface area contributed by atoms with Gasteiger partial charge in [0.15, 0.2) is 13.7 Å². The molecule has 1 unspecified atom stereocenters. The molecule has 1 atom stereocenters. The average Bonchev–Trinajstić information content (AvgIpc) is 2.62. The summed E-state index contributed by atoms with van der Waals surface area (Å²) in [7, 11) is 5.60. The zero-order valence-electron chi connectivity index (χ0n) is 15.1. The molecule has 0 fully saturated rings. The van der Waals surface area contributed by atoms with Crippen LogP contribution in [0.15, 0.2) is 35.4 Å². The second kappa shape index (κ2) is 7.74. The van der Waals surface area contributed by atoms with Gasteiger partial charge in [-0.25, -0.2) is 18.7 Å². The zero-order valence-corrected chi connectivity index (χ0v) is 16.6. The molecule has 0 bridgehead atoms. The molecule has 3 aromatic rings. The van der Waals surface area contributed by atoms with Crippen LogP contribution in [0, 0.1) is 25.5 Å². The molecule has 148 valence electrons. The Labute approximate surface area is 175 Å². The molecule has 0 aliphatic rings. The van der Waals surface area contributed by atoms with Crippen LogP contribution in [0.2, 0.25) is 10.2 Å². The van der Waals surface area contributed by atoms with Crippen molar-refractivity contribution < 1.29 is 18.6 Å². The fraction of sp³-hybridized carbons (Fsp3) is 0.167. The van der Waals surface area contributed by atoms with Crippen LogP contribution in [0.1, 0.15) is 17.0 Å². The minimum atomic E-state index is -2.82. The Morgan fingerprint density at radius 1 is 1.17 bits per heavy atom. The molecule has 3 rings (SSSR count). The Bertz CT molecular complexity index is 1170. The fourth-order valence-electron chi connectivity index (χ4n) is 2.68. The van der Waals surface area contributed by atoms with Crippen LogP contribution in [0.5, 0.6) is 5.75 Å². The molecule has 0 amide bonds. The molecular formula is C18H12BCl2F2N3O3. The average molecular weight is 438 g/mol. The molecule has 0 saturated heterocycles. The van der Waals surface area contributed by atoms with Crippen molar-refractivity contribution in [2.75, 3.05) is 0 Å². The summed E-state index contributed by atoms with van der Waals surface area (Å²) in [6, 6.07) is 3.28. The lowest BCUT2D eigenvalue weighted by molar-refractivity contribution is -0.0736. The predicted octanol–water partition coefficient (Wildman–Crippen LogP) is 3.18. The van der Waals surface area contributed by atoms with Crippen molar-refractivity contribution in [2.45, 2.75) is 19.5 Å². The summed E-state index contributed by atoms with van der Waals surface area (Å²) < 4.78 is 33.4. The molecule has 3 heterocycles. The number of halogens is 4. The van der Waals surface area contributed by atoms with Gasteiger partial charge in [-0.15, -0.1) is 0 Å². The van der Waals surface area contributed by atoms with Crippen LogP contribution in [0.25, 0.3) is 5.69 Å². The molecule has 6 nitrogen and oxygen atoms in total. The smallest absolute Gasteiger partial charge is 0.277 e. The van der Waals surface area contributed by atoms with Crippen LogP contribution < -0.4 is 10.3 Å². The van der Waals surface area contributed by atoms with Crippen molar-refractivity contribution >= 4 is 31.0 Å². The van der Waals surface area contributed by atoms with E-state index in [1.165, 1.54) is 22.9 Å². The summed E-state index contributed by atoms with van der Waals surface area (Å²) in [5, 5.41) is 10.1. The lowest BCUT2D eigenvalue weighted by Gasteiger charge is -2.26. The van der Waals surface area contributed by atoms with E-state index in [4.69, 9.17) is 35.8 Å². The number of hydrogen-bond acceptors (Lipinski definition) is 5. The van der Waals surface area contributed by atoms with Crippen molar-refractivity contribution in [1.29, 1.82) is 0 Å². The SMILES string of the molecule is [B]C(O)(Oc1cc(C)n(-c2cc(Cl)ncc2C)c(=O)c1Cl)c1ncc(F)cc1F. The monoisotopic (exact) mass is 437 g/mol. The third-order valence-corrected chi connectivity index (χ3v) is 4.55. The minimum absolute atomic E-state index is 0.169. The van der Waals surface area contributed by atoms with Crippen molar-refractivity contribution in [3.8, 4) is 11.4 Å². The summed E-state index contributed by atoms with van der Waals surface area (Å²) >= 11 is 12.0. The van der Waals surface area contributed by atoms with Gasteiger partial charge in [-0.3, -0.25) is 9.36 Å². The molecule has 29 heavy (non-hydrogen) atoms. The van der Waals surface area contributed by atoms with Gasteiger partial charge in [0, 0.05) is 24.0 Å². The summed E-state index contributed by atoms with van der Waals surface area (Å²) in [5.41, 5.74) is -2.86. The van der Waals surface area contributed by atoms with E-state index < -0.39 is 33.6 Å². The van der Waals surface area contributed by atoms with Crippen LogP contribution in [-0.4, -0.2) is 27.5 Å². The number of hydrogen-bond donors (Lipinski definition) is 1. The number of aryl methyl sites for hydroxylation is 2. The first-order chi connectivity index (χ1) is 13.5. The van der Waals surface area contributed by atoms with Gasteiger partial charge in [-0.1, -0.05) is 23.2 Å². The van der Waals surface area contributed by atoms with E-state index in [9.17, 15) is 18.7 Å². The standard InChI is InChI=1S/C18H12BCl2F2N3O3/c1-8-6-24-14(20)5-12(8)26-9(2)3-13(15(21)17(26)27)29-18(19,28)16-11(23)4-10(22)7-25-16/h3-7,28H,1-2H3. The third kappa shape index (κ3) is 4.12. The molecule has 0 saturated carbocycles. The Balaban J connectivity index is 2.09. The highest BCUT2D eigenvalue weighted by atomic mass is 35.5. The van der Waals surface area contributed by atoms with E-state index >= 15 is 0 Å². The first-order valence-electron chi connectivity index (χ1n) is 8.07. The topological polar surface area (TPSA) is 77.2 Å². The van der Waals surface area contributed by atoms with Crippen molar-refractivity contribution in [3.05, 3.63) is 79.7 Å². The Morgan fingerprint density at radius 3 is 2.52 bits per heavy atom. The molecule has 0 aliphatic heterocycles. The van der Waals surface area contributed by atoms with E-state index in [2.05, 4.69) is 9.97 Å². The number of nitrogens with zero attached hydrogens (tertiary/aromatic N) is 3. The van der Waals surface area contributed by atoms with E-state index in [0.29, 0.717) is 29.2 Å². The van der Waals surface area contributed by atoms with Crippen molar-refractivity contribution in [2.24, 2.45) is 0 Å². The molecule has 2 radical (unpaired) electrons. The van der Waals surface area contributed by atoms with E-state index in [1.54, 1.807) is 13.8 Å². The van der Waals surface area contributed by atoms with Crippen LogP contribution in [0.4, 0.5) is 8.78 Å². The fourth-order valence-corrected chi connectivity index (χ4v) is 3.01. The number of pyridine rings is 3. The molecule has 0 spiro atoms. The van der Waals surface area contributed by atoms with Crippen molar-refractivity contribution in [1.82, 2.24) is 14.5 Å². The Kier molecular flexibility index (Phi) is 5.66. The van der Waals surface area contributed by atoms with E-state index in [-0.39, 0.29) is 10.9 Å². The quantitative estimate of drug-likeness (QED) is 0.385. The second-order valence-corrected chi connectivity index (χ2v) is 6.95. The summed E-state index contributed by atoms with van der Waals surface area (Å²) in [5.74, 6) is -2.53.